The van der Waals surface area contributed by atoms with Crippen LogP contribution in [0.5, 0.6) is 0 Å². The first-order valence-electron chi connectivity index (χ1n) is 27.3. The third-order valence-corrected chi connectivity index (χ3v) is 21.1. The van der Waals surface area contributed by atoms with Crippen LogP contribution in [0, 0.1) is 50.2 Å². The molecule has 4 heterocycles. The molecule has 5 aliphatic carbocycles. The number of ether oxygens (including phenoxy) is 8. The van der Waals surface area contributed by atoms with Gasteiger partial charge in [0.15, 0.2) is 18.9 Å². The zero-order valence-corrected chi connectivity index (χ0v) is 44.2. The van der Waals surface area contributed by atoms with Gasteiger partial charge < -0.3 is 104 Å². The zero-order chi connectivity index (χ0) is 54.7. The molecule has 0 aromatic rings. The summed E-state index contributed by atoms with van der Waals surface area (Å²) in [7, 11) is 0. The van der Waals surface area contributed by atoms with E-state index in [1.54, 1.807) is 0 Å². The number of esters is 1. The molecule has 430 valence electrons. The summed E-state index contributed by atoms with van der Waals surface area (Å²) in [4.78, 5) is 15.1. The van der Waals surface area contributed by atoms with Gasteiger partial charge in [0.05, 0.1) is 44.1 Å². The summed E-state index contributed by atoms with van der Waals surface area (Å²) in [5.74, 6) is -0.615. The maximum absolute atomic E-state index is 15.1. The van der Waals surface area contributed by atoms with Crippen molar-refractivity contribution in [1.29, 1.82) is 0 Å². The van der Waals surface area contributed by atoms with Crippen molar-refractivity contribution in [3.8, 4) is 0 Å². The Hall–Kier alpha value is -1.59. The Kier molecular flexibility index (Phi) is 16.3. The second-order valence-corrected chi connectivity index (χ2v) is 25.7. The van der Waals surface area contributed by atoms with Gasteiger partial charge in [-0.2, -0.15) is 0 Å². The van der Waals surface area contributed by atoms with Crippen LogP contribution in [0.3, 0.4) is 0 Å². The monoisotopic (exact) mass is 1070 g/mol. The molecule has 22 heteroatoms. The molecule has 22 nitrogen and oxygen atoms in total. The van der Waals surface area contributed by atoms with Gasteiger partial charge >= 0.3 is 5.97 Å². The smallest absolute Gasteiger partial charge is 0.315 e. The molecule has 0 amide bonds. The van der Waals surface area contributed by atoms with E-state index >= 15 is 4.79 Å². The van der Waals surface area contributed by atoms with Gasteiger partial charge in [-0.25, -0.2) is 0 Å². The van der Waals surface area contributed by atoms with Crippen LogP contribution in [-0.4, -0.2) is 222 Å². The minimum atomic E-state index is -1.87. The molecule has 9 rings (SSSR count). The van der Waals surface area contributed by atoms with Gasteiger partial charge in [-0.1, -0.05) is 53.2 Å². The first kappa shape index (κ1) is 58.1. The summed E-state index contributed by atoms with van der Waals surface area (Å²) in [6.45, 7) is 13.2. The van der Waals surface area contributed by atoms with E-state index in [1.807, 2.05) is 6.92 Å². The summed E-state index contributed by atoms with van der Waals surface area (Å²) >= 11 is 0. The molecular weight excluding hydrogens is 989 g/mol. The quantitative estimate of drug-likeness (QED) is 0.0643. The van der Waals surface area contributed by atoms with Crippen molar-refractivity contribution in [1.82, 2.24) is 0 Å². The van der Waals surface area contributed by atoms with E-state index in [2.05, 4.69) is 40.7 Å². The summed E-state index contributed by atoms with van der Waals surface area (Å²) in [6, 6.07) is 0. The molecule has 0 aromatic heterocycles. The van der Waals surface area contributed by atoms with Crippen LogP contribution in [0.25, 0.3) is 0 Å². The Bertz CT molecular complexity index is 2060. The number of allylic oxidation sites excluding steroid dienone is 2. The van der Waals surface area contributed by atoms with Crippen molar-refractivity contribution < 1.29 is 109 Å². The average Bonchev–Trinajstić information content (AvgIpc) is 3.37. The molecule has 0 radical (unpaired) electrons. The highest BCUT2D eigenvalue weighted by Gasteiger charge is 2.70. The SMILES string of the molecule is C[C@H]1O[C@H](O[C@@H]2[C@@H](O)[C@H](O)[C@@H](OC[C@@H]3O[C@H](OC(=O)[C@@]45CCC(C)(C)C[C@H]4C4=CC[C@H]6[C@]7(C)CC[C@@H](O[C@H]8OC[C@@H](O)[C@@H](O)[C@@H]8O)[C@](C)(CO)[C@H]7CC[C@]6(C)[C@@]4(C)CC5)[C@@H](O)[C@H](O)[C@H]3O)O[C@H]2CO)[C@@H](O)[C@@H](O)[C@@H]1O. The number of fused-ring (bicyclic) bond motifs is 7. The molecule has 28 atom stereocenters. The first-order chi connectivity index (χ1) is 35.1. The molecule has 0 bridgehead atoms. The van der Waals surface area contributed by atoms with Crippen LogP contribution >= 0.6 is 0 Å². The highest BCUT2D eigenvalue weighted by molar-refractivity contribution is 5.79. The molecule has 4 aliphatic heterocycles. The van der Waals surface area contributed by atoms with Crippen molar-refractivity contribution >= 4 is 5.97 Å². The topological polar surface area (TPSA) is 354 Å². The van der Waals surface area contributed by atoms with Crippen LogP contribution in [0.2, 0.25) is 0 Å². The predicted molar refractivity (Wildman–Crippen MR) is 257 cm³/mol. The minimum Gasteiger partial charge on any atom is -0.432 e. The lowest BCUT2D eigenvalue weighted by atomic mass is 9.33. The van der Waals surface area contributed by atoms with Gasteiger partial charge in [0.2, 0.25) is 6.29 Å². The van der Waals surface area contributed by atoms with Gasteiger partial charge in [-0.15, -0.1) is 0 Å². The average molecular weight is 1080 g/mol. The van der Waals surface area contributed by atoms with Gasteiger partial charge in [-0.3, -0.25) is 4.79 Å². The van der Waals surface area contributed by atoms with Crippen LogP contribution in [0.4, 0.5) is 0 Å². The number of aliphatic hydroxyl groups excluding tert-OH is 13. The van der Waals surface area contributed by atoms with Crippen molar-refractivity contribution in [3.63, 3.8) is 0 Å². The number of hydrogen-bond acceptors (Lipinski definition) is 22. The van der Waals surface area contributed by atoms with Gasteiger partial charge in [0, 0.05) is 5.41 Å². The van der Waals surface area contributed by atoms with Crippen molar-refractivity contribution in [3.05, 3.63) is 11.6 Å². The first-order valence-corrected chi connectivity index (χ1v) is 27.3. The van der Waals surface area contributed by atoms with Crippen LogP contribution in [0.1, 0.15) is 113 Å². The molecule has 4 saturated heterocycles. The van der Waals surface area contributed by atoms with E-state index in [1.165, 1.54) is 12.5 Å². The molecule has 0 aromatic carbocycles. The van der Waals surface area contributed by atoms with Crippen molar-refractivity contribution in [2.24, 2.45) is 50.2 Å². The van der Waals surface area contributed by atoms with Crippen LogP contribution in [-0.2, 0) is 42.7 Å². The van der Waals surface area contributed by atoms with E-state index in [4.69, 9.17) is 37.9 Å². The molecule has 13 N–H and O–H groups in total. The number of carbonyl (C=O) groups is 1. The lowest BCUT2D eigenvalue weighted by molar-refractivity contribution is -0.361. The molecular formula is C53H86O22. The van der Waals surface area contributed by atoms with E-state index < -0.39 is 153 Å². The lowest BCUT2D eigenvalue weighted by Gasteiger charge is -2.71. The van der Waals surface area contributed by atoms with E-state index in [9.17, 15) is 66.4 Å². The molecule has 75 heavy (non-hydrogen) atoms. The van der Waals surface area contributed by atoms with Gasteiger partial charge in [0.1, 0.15) is 85.5 Å². The van der Waals surface area contributed by atoms with E-state index in [0.717, 1.165) is 25.7 Å². The fourth-order valence-electron chi connectivity index (χ4n) is 16.1. The highest BCUT2D eigenvalue weighted by Crippen LogP contribution is 2.76. The Balaban J connectivity index is 0.898. The Morgan fingerprint density at radius 3 is 1.97 bits per heavy atom. The Morgan fingerprint density at radius 1 is 0.640 bits per heavy atom. The van der Waals surface area contributed by atoms with Crippen molar-refractivity contribution in [2.75, 3.05) is 26.4 Å². The normalized spacial score (nSPS) is 54.8. The molecule has 0 spiro atoms. The maximum atomic E-state index is 15.1. The number of rotatable bonds is 11. The second-order valence-electron chi connectivity index (χ2n) is 25.7. The second kappa shape index (κ2) is 21.1. The zero-order valence-electron chi connectivity index (χ0n) is 44.2. The number of carbonyl (C=O) groups excluding carboxylic acids is 1. The molecule has 8 fully saturated rings. The Morgan fingerprint density at radius 2 is 1.28 bits per heavy atom. The number of aliphatic hydroxyl groups is 13. The molecule has 4 saturated carbocycles. The Labute approximate surface area is 437 Å². The van der Waals surface area contributed by atoms with E-state index in [-0.39, 0.29) is 52.6 Å². The summed E-state index contributed by atoms with van der Waals surface area (Å²) < 4.78 is 47.0. The number of hydrogen-bond donors (Lipinski definition) is 13. The largest absolute Gasteiger partial charge is 0.432 e. The fraction of sp³-hybridized carbons (Fsp3) is 0.943. The minimum absolute atomic E-state index is 0.0319. The van der Waals surface area contributed by atoms with Crippen molar-refractivity contribution in [2.45, 2.75) is 235 Å². The summed E-state index contributed by atoms with van der Waals surface area (Å²) in [5, 5.41) is 139. The van der Waals surface area contributed by atoms with E-state index in [0.29, 0.717) is 38.5 Å². The maximum Gasteiger partial charge on any atom is 0.315 e. The molecule has 0 unspecified atom stereocenters. The van der Waals surface area contributed by atoms with Gasteiger partial charge in [0.25, 0.3) is 0 Å². The van der Waals surface area contributed by atoms with Crippen LogP contribution < -0.4 is 0 Å². The lowest BCUT2D eigenvalue weighted by Crippen LogP contribution is -2.67. The standard InChI is InChI=1S/C53H86O22/c1-23-32(57)35(60)39(64)45(70-23)74-42-27(19-54)71-43(41(66)37(42)62)69-21-28-34(59)36(61)40(65)46(72-28)75-47(67)53-16-14-48(2,3)18-25(53)24-8-9-30-49(4)12-11-31(73-44-38(63)33(58)26(56)20-68-44)50(5,22-55)29(49)10-13-52(30,7)51(24,6)15-17-53/h8,23,25-46,54-66H,9-22H2,1-7H3/t23-,25+,26-,27+,28+,29+,30+,31-,32-,33-,34+,35+,36-,37+,38+,39+,40+,41+,42+,43+,44-,45-,46-,49-,50-,51+,52+,53-/m1/s1. The summed E-state index contributed by atoms with van der Waals surface area (Å²) in [6.07, 6.45) is -21.1. The highest BCUT2D eigenvalue weighted by atomic mass is 16.8. The summed E-state index contributed by atoms with van der Waals surface area (Å²) in [5.41, 5.74) is -1.46. The van der Waals surface area contributed by atoms with Crippen LogP contribution in [0.15, 0.2) is 11.6 Å². The van der Waals surface area contributed by atoms with Gasteiger partial charge in [-0.05, 0) is 111 Å². The third-order valence-electron chi connectivity index (χ3n) is 21.1. The fourth-order valence-corrected chi connectivity index (χ4v) is 16.1. The third kappa shape index (κ3) is 9.50. The molecule has 9 aliphatic rings. The predicted octanol–water partition coefficient (Wildman–Crippen LogP) is -1.40.